The Morgan fingerprint density at radius 2 is 2.31 bits per heavy atom. The molecule has 0 atom stereocenters. The number of nitrogens with zero attached hydrogens (tertiary/aromatic N) is 1. The van der Waals surface area contributed by atoms with Crippen molar-refractivity contribution < 1.29 is 0 Å². The number of rotatable bonds is 4. The molecule has 1 aromatic rings. The zero-order valence-corrected chi connectivity index (χ0v) is 12.1. The van der Waals surface area contributed by atoms with Crippen LogP contribution in [0.4, 0.5) is 5.82 Å². The molecular formula is C12H17BrN2S. The van der Waals surface area contributed by atoms with E-state index in [-0.39, 0.29) is 0 Å². The summed E-state index contributed by atoms with van der Waals surface area (Å²) in [6.07, 6.45) is 8.09. The summed E-state index contributed by atoms with van der Waals surface area (Å²) in [5.41, 5.74) is 1.20. The highest BCUT2D eigenvalue weighted by Crippen LogP contribution is 2.42. The predicted molar refractivity (Wildman–Crippen MR) is 75.3 cm³/mol. The summed E-state index contributed by atoms with van der Waals surface area (Å²) in [7, 11) is 0. The second-order valence-corrected chi connectivity index (χ2v) is 6.60. The monoisotopic (exact) mass is 300 g/mol. The normalized spacial score (nSPS) is 17.9. The van der Waals surface area contributed by atoms with Crippen LogP contribution < -0.4 is 5.32 Å². The van der Waals surface area contributed by atoms with E-state index >= 15 is 0 Å². The maximum absolute atomic E-state index is 4.41. The maximum Gasteiger partial charge on any atom is 0.128 e. The molecule has 2 rings (SSSR count). The van der Waals surface area contributed by atoms with E-state index in [1.165, 1.54) is 24.8 Å². The molecule has 1 aliphatic carbocycles. The van der Waals surface area contributed by atoms with Gasteiger partial charge in [0.25, 0.3) is 0 Å². The molecule has 0 bridgehead atoms. The molecule has 0 amide bonds. The fraction of sp³-hybridized carbons (Fsp3) is 0.583. The van der Waals surface area contributed by atoms with E-state index in [4.69, 9.17) is 0 Å². The molecule has 1 aromatic heterocycles. The molecule has 16 heavy (non-hydrogen) atoms. The quantitative estimate of drug-likeness (QED) is 0.914. The van der Waals surface area contributed by atoms with E-state index in [2.05, 4.69) is 45.5 Å². The van der Waals surface area contributed by atoms with Crippen LogP contribution in [0.3, 0.4) is 0 Å². The Labute approximate surface area is 110 Å². The summed E-state index contributed by atoms with van der Waals surface area (Å²) in [4.78, 5) is 4.41. The van der Waals surface area contributed by atoms with Gasteiger partial charge < -0.3 is 5.32 Å². The summed E-state index contributed by atoms with van der Waals surface area (Å²) in [5, 5.41) is 3.48. The number of anilines is 1. The molecule has 2 nitrogen and oxygen atoms in total. The highest BCUT2D eigenvalue weighted by atomic mass is 79.9. The van der Waals surface area contributed by atoms with Crippen LogP contribution in [0, 0.1) is 6.92 Å². The van der Waals surface area contributed by atoms with Crippen molar-refractivity contribution >= 4 is 33.5 Å². The van der Waals surface area contributed by atoms with Crippen molar-refractivity contribution in [1.29, 1.82) is 0 Å². The van der Waals surface area contributed by atoms with Gasteiger partial charge in [0.15, 0.2) is 0 Å². The van der Waals surface area contributed by atoms with Gasteiger partial charge in [-0.15, -0.1) is 0 Å². The number of pyridine rings is 1. The fourth-order valence-corrected chi connectivity index (χ4v) is 3.35. The van der Waals surface area contributed by atoms with Crippen LogP contribution in [0.5, 0.6) is 0 Å². The first-order valence-corrected chi connectivity index (χ1v) is 7.58. The number of thioether (sulfide) groups is 1. The summed E-state index contributed by atoms with van der Waals surface area (Å²) >= 11 is 5.42. The molecule has 1 N–H and O–H groups in total. The molecule has 0 aromatic carbocycles. The van der Waals surface area contributed by atoms with Crippen LogP contribution in [0.2, 0.25) is 0 Å². The van der Waals surface area contributed by atoms with Crippen molar-refractivity contribution in [2.75, 3.05) is 18.1 Å². The van der Waals surface area contributed by atoms with Gasteiger partial charge in [-0.05, 0) is 53.6 Å². The van der Waals surface area contributed by atoms with Gasteiger partial charge in [-0.25, -0.2) is 4.98 Å². The molecule has 0 aliphatic heterocycles. The van der Waals surface area contributed by atoms with Gasteiger partial charge in [0, 0.05) is 22.0 Å². The summed E-state index contributed by atoms with van der Waals surface area (Å²) in [6, 6.07) is 2.10. The first-order valence-electron chi connectivity index (χ1n) is 5.56. The third kappa shape index (κ3) is 2.54. The van der Waals surface area contributed by atoms with Gasteiger partial charge >= 0.3 is 0 Å². The summed E-state index contributed by atoms with van der Waals surface area (Å²) in [5.74, 6) is 1.02. The van der Waals surface area contributed by atoms with E-state index in [0.29, 0.717) is 4.75 Å². The summed E-state index contributed by atoms with van der Waals surface area (Å²) < 4.78 is 1.50. The second kappa shape index (κ2) is 4.96. The van der Waals surface area contributed by atoms with Crippen molar-refractivity contribution in [1.82, 2.24) is 4.98 Å². The Hall–Kier alpha value is -0.220. The van der Waals surface area contributed by atoms with Crippen LogP contribution in [0.15, 0.2) is 16.7 Å². The highest BCUT2D eigenvalue weighted by Gasteiger charge is 2.35. The minimum Gasteiger partial charge on any atom is -0.368 e. The Morgan fingerprint density at radius 1 is 1.56 bits per heavy atom. The molecule has 4 heteroatoms. The van der Waals surface area contributed by atoms with E-state index in [9.17, 15) is 0 Å². The first-order chi connectivity index (χ1) is 7.65. The van der Waals surface area contributed by atoms with Crippen molar-refractivity contribution in [2.45, 2.75) is 30.9 Å². The van der Waals surface area contributed by atoms with Gasteiger partial charge in [-0.2, -0.15) is 11.8 Å². The lowest BCUT2D eigenvalue weighted by Gasteiger charge is -2.40. The molecule has 1 fully saturated rings. The maximum atomic E-state index is 4.41. The van der Waals surface area contributed by atoms with Gasteiger partial charge in [-0.3, -0.25) is 0 Å². The van der Waals surface area contributed by atoms with E-state index < -0.39 is 0 Å². The smallest absolute Gasteiger partial charge is 0.128 e. The highest BCUT2D eigenvalue weighted by molar-refractivity contribution is 9.10. The third-order valence-electron chi connectivity index (χ3n) is 3.32. The zero-order chi connectivity index (χ0) is 11.6. The van der Waals surface area contributed by atoms with E-state index in [1.54, 1.807) is 0 Å². The van der Waals surface area contributed by atoms with Crippen molar-refractivity contribution in [3.8, 4) is 0 Å². The number of aryl methyl sites for hydroxylation is 1. The minimum atomic E-state index is 0.460. The molecule has 0 radical (unpaired) electrons. The number of halogens is 1. The molecule has 0 spiro atoms. The topological polar surface area (TPSA) is 24.9 Å². The molecular weight excluding hydrogens is 284 g/mol. The molecule has 88 valence electrons. The Balaban J connectivity index is 1.99. The average Bonchev–Trinajstić information content (AvgIpc) is 2.19. The molecule has 0 unspecified atom stereocenters. The van der Waals surface area contributed by atoms with Crippen LogP contribution in [-0.2, 0) is 0 Å². The van der Waals surface area contributed by atoms with Gasteiger partial charge in [0.05, 0.1) is 0 Å². The van der Waals surface area contributed by atoms with Gasteiger partial charge in [0.2, 0.25) is 0 Å². The van der Waals surface area contributed by atoms with Crippen LogP contribution in [0.25, 0.3) is 0 Å². The van der Waals surface area contributed by atoms with Gasteiger partial charge in [0.1, 0.15) is 5.82 Å². The average molecular weight is 301 g/mol. The van der Waals surface area contributed by atoms with E-state index in [1.807, 2.05) is 18.0 Å². The largest absolute Gasteiger partial charge is 0.368 e. The lowest BCUT2D eigenvalue weighted by atomic mass is 9.84. The number of hydrogen-bond acceptors (Lipinski definition) is 3. The van der Waals surface area contributed by atoms with Crippen molar-refractivity contribution in [3.05, 3.63) is 22.3 Å². The Kier molecular flexibility index (Phi) is 3.80. The number of nitrogens with one attached hydrogen (secondary N) is 1. The number of hydrogen-bond donors (Lipinski definition) is 1. The molecule has 1 saturated carbocycles. The number of aromatic nitrogens is 1. The van der Waals surface area contributed by atoms with Crippen LogP contribution in [0.1, 0.15) is 24.8 Å². The van der Waals surface area contributed by atoms with Crippen LogP contribution in [-0.4, -0.2) is 22.5 Å². The van der Waals surface area contributed by atoms with Gasteiger partial charge in [-0.1, -0.05) is 6.42 Å². The predicted octanol–water partition coefficient (Wildman–Crippen LogP) is 3.85. The van der Waals surface area contributed by atoms with Crippen molar-refractivity contribution in [2.24, 2.45) is 0 Å². The lowest BCUT2D eigenvalue weighted by molar-refractivity contribution is 0.379. The summed E-state index contributed by atoms with van der Waals surface area (Å²) in [6.45, 7) is 3.12. The fourth-order valence-electron chi connectivity index (χ4n) is 1.99. The SMILES string of the molecule is CSC1(CNc2ncc(Br)cc2C)CCC1. The van der Waals surface area contributed by atoms with E-state index in [0.717, 1.165) is 16.8 Å². The second-order valence-electron chi connectivity index (χ2n) is 4.41. The standard InChI is InChI=1S/C12H17BrN2S/c1-9-6-10(13)7-14-11(9)15-8-12(16-2)4-3-5-12/h6-7H,3-5,8H2,1-2H3,(H,14,15). The third-order valence-corrected chi connectivity index (χ3v) is 5.17. The first kappa shape index (κ1) is 12.2. The van der Waals surface area contributed by atoms with Crippen LogP contribution >= 0.6 is 27.7 Å². The lowest BCUT2D eigenvalue weighted by Crippen LogP contribution is -2.40. The molecule has 1 heterocycles. The zero-order valence-electron chi connectivity index (χ0n) is 9.72. The Morgan fingerprint density at radius 3 is 2.81 bits per heavy atom. The molecule has 1 aliphatic rings. The minimum absolute atomic E-state index is 0.460. The Bertz CT molecular complexity index is 372. The van der Waals surface area contributed by atoms with Crippen molar-refractivity contribution in [3.63, 3.8) is 0 Å². The molecule has 0 saturated heterocycles.